The molecule has 17 heavy (non-hydrogen) atoms. The van der Waals surface area contributed by atoms with Crippen LogP contribution in [-0.4, -0.2) is 19.6 Å². The molecule has 1 rings (SSSR count). The van der Waals surface area contributed by atoms with Crippen molar-refractivity contribution in [2.24, 2.45) is 0 Å². The zero-order valence-corrected chi connectivity index (χ0v) is 10.6. The molecule has 1 N–H and O–H groups in total. The van der Waals surface area contributed by atoms with Crippen molar-refractivity contribution in [1.29, 1.82) is 0 Å². The van der Waals surface area contributed by atoms with Crippen LogP contribution >= 0.6 is 0 Å². The molecule has 3 nitrogen and oxygen atoms in total. The fourth-order valence-electron chi connectivity index (χ4n) is 1.74. The Morgan fingerprint density at radius 1 is 1.24 bits per heavy atom. The summed E-state index contributed by atoms with van der Waals surface area (Å²) in [5, 5.41) is 0. The first kappa shape index (κ1) is 14.1. The quantitative estimate of drug-likeness (QED) is 0.632. The maximum absolute atomic E-state index is 11.9. The SMILES string of the molecule is Cc1ccc(S(=O)(=O)O)c(CCCCCF)c1. The fraction of sp³-hybridized carbons (Fsp3) is 0.500. The van der Waals surface area contributed by atoms with E-state index in [4.69, 9.17) is 4.55 Å². The number of benzene rings is 1. The van der Waals surface area contributed by atoms with Crippen LogP contribution < -0.4 is 0 Å². The summed E-state index contributed by atoms with van der Waals surface area (Å²) in [6, 6.07) is 4.81. The van der Waals surface area contributed by atoms with E-state index in [9.17, 15) is 12.8 Å². The molecule has 0 radical (unpaired) electrons. The van der Waals surface area contributed by atoms with Gasteiger partial charge in [-0.05, 0) is 37.8 Å². The van der Waals surface area contributed by atoms with E-state index in [0.29, 0.717) is 18.4 Å². The summed E-state index contributed by atoms with van der Waals surface area (Å²) in [6.45, 7) is 1.51. The van der Waals surface area contributed by atoms with Crippen LogP contribution in [0.15, 0.2) is 23.1 Å². The average Bonchev–Trinajstić information content (AvgIpc) is 2.23. The summed E-state index contributed by atoms with van der Waals surface area (Å²) in [4.78, 5) is -0.0386. The Bertz CT molecular complexity index is 469. The van der Waals surface area contributed by atoms with Crippen LogP contribution in [0.5, 0.6) is 0 Å². The van der Waals surface area contributed by atoms with Crippen molar-refractivity contribution in [2.45, 2.75) is 37.5 Å². The van der Waals surface area contributed by atoms with Gasteiger partial charge in [0.2, 0.25) is 0 Å². The molecular formula is C12H17FO3S. The minimum absolute atomic E-state index is 0.0386. The van der Waals surface area contributed by atoms with Gasteiger partial charge in [-0.25, -0.2) is 0 Å². The molecule has 1 aromatic rings. The minimum Gasteiger partial charge on any atom is -0.282 e. The maximum Gasteiger partial charge on any atom is 0.294 e. The first-order valence-electron chi connectivity index (χ1n) is 5.58. The highest BCUT2D eigenvalue weighted by Crippen LogP contribution is 2.19. The van der Waals surface area contributed by atoms with Crippen molar-refractivity contribution >= 4 is 10.1 Å². The number of unbranched alkanes of at least 4 members (excludes halogenated alkanes) is 2. The highest BCUT2D eigenvalue weighted by molar-refractivity contribution is 7.85. The van der Waals surface area contributed by atoms with Gasteiger partial charge in [-0.2, -0.15) is 8.42 Å². The van der Waals surface area contributed by atoms with Gasteiger partial charge >= 0.3 is 0 Å². The van der Waals surface area contributed by atoms with Gasteiger partial charge in [-0.1, -0.05) is 24.1 Å². The molecule has 1 aromatic carbocycles. The molecular weight excluding hydrogens is 243 g/mol. The lowest BCUT2D eigenvalue weighted by Crippen LogP contribution is -2.03. The third-order valence-electron chi connectivity index (χ3n) is 2.57. The number of halogens is 1. The van der Waals surface area contributed by atoms with Crippen molar-refractivity contribution in [3.63, 3.8) is 0 Å². The zero-order valence-electron chi connectivity index (χ0n) is 9.82. The summed E-state index contributed by atoms with van der Waals surface area (Å²) in [7, 11) is -4.17. The largest absolute Gasteiger partial charge is 0.294 e. The molecule has 0 saturated carbocycles. The predicted octanol–water partition coefficient (Wildman–Crippen LogP) is 2.92. The van der Waals surface area contributed by atoms with E-state index in [1.807, 2.05) is 6.92 Å². The monoisotopic (exact) mass is 260 g/mol. The average molecular weight is 260 g/mol. The van der Waals surface area contributed by atoms with E-state index in [1.165, 1.54) is 6.07 Å². The predicted molar refractivity (Wildman–Crippen MR) is 64.5 cm³/mol. The molecule has 0 aromatic heterocycles. The van der Waals surface area contributed by atoms with Crippen molar-refractivity contribution in [3.05, 3.63) is 29.3 Å². The highest BCUT2D eigenvalue weighted by atomic mass is 32.2. The highest BCUT2D eigenvalue weighted by Gasteiger charge is 2.14. The van der Waals surface area contributed by atoms with E-state index < -0.39 is 10.1 Å². The first-order chi connectivity index (χ1) is 7.95. The Labute approximate surface area is 101 Å². The molecule has 0 heterocycles. The van der Waals surface area contributed by atoms with Gasteiger partial charge in [-0.15, -0.1) is 0 Å². The lowest BCUT2D eigenvalue weighted by Gasteiger charge is -2.08. The van der Waals surface area contributed by atoms with Crippen LogP contribution in [-0.2, 0) is 16.5 Å². The van der Waals surface area contributed by atoms with Crippen molar-refractivity contribution in [2.75, 3.05) is 6.67 Å². The standard InChI is InChI=1S/C12H17FO3S/c1-10-6-7-12(17(14,15)16)11(9-10)5-3-2-4-8-13/h6-7,9H,2-5,8H2,1H3,(H,14,15,16). The molecule has 0 bridgehead atoms. The summed E-state index contributed by atoms with van der Waals surface area (Å²) in [5.41, 5.74) is 1.55. The molecule has 0 aliphatic carbocycles. The Morgan fingerprint density at radius 2 is 1.94 bits per heavy atom. The van der Waals surface area contributed by atoms with Gasteiger partial charge in [0.15, 0.2) is 0 Å². The van der Waals surface area contributed by atoms with E-state index in [-0.39, 0.29) is 11.6 Å². The number of alkyl halides is 1. The molecule has 5 heteroatoms. The minimum atomic E-state index is -4.17. The molecule has 0 atom stereocenters. The van der Waals surface area contributed by atoms with Gasteiger partial charge in [0, 0.05) is 0 Å². The van der Waals surface area contributed by atoms with Gasteiger partial charge in [0.25, 0.3) is 10.1 Å². The third kappa shape index (κ3) is 4.44. The van der Waals surface area contributed by atoms with Crippen LogP contribution in [0.2, 0.25) is 0 Å². The number of hydrogen-bond donors (Lipinski definition) is 1. The van der Waals surface area contributed by atoms with Gasteiger partial charge < -0.3 is 0 Å². The molecule has 0 aliphatic heterocycles. The molecule has 0 aliphatic rings. The summed E-state index contributed by atoms with van der Waals surface area (Å²) >= 11 is 0. The summed E-state index contributed by atoms with van der Waals surface area (Å²) in [5.74, 6) is 0. The summed E-state index contributed by atoms with van der Waals surface area (Å²) < 4.78 is 43.3. The topological polar surface area (TPSA) is 54.4 Å². The third-order valence-corrected chi connectivity index (χ3v) is 3.53. The Hall–Kier alpha value is -0.940. The van der Waals surface area contributed by atoms with Crippen LogP contribution in [0.25, 0.3) is 0 Å². The summed E-state index contributed by atoms with van der Waals surface area (Å²) in [6.07, 6.45) is 2.47. The molecule has 0 unspecified atom stereocenters. The van der Waals surface area contributed by atoms with Crippen molar-refractivity contribution in [1.82, 2.24) is 0 Å². The number of aryl methyl sites for hydroxylation is 2. The van der Waals surface area contributed by atoms with Crippen LogP contribution in [0, 0.1) is 6.92 Å². The Morgan fingerprint density at radius 3 is 2.53 bits per heavy atom. The Balaban J connectivity index is 2.85. The van der Waals surface area contributed by atoms with Crippen LogP contribution in [0.1, 0.15) is 30.4 Å². The van der Waals surface area contributed by atoms with Crippen molar-refractivity contribution in [3.8, 4) is 0 Å². The van der Waals surface area contributed by atoms with E-state index in [0.717, 1.165) is 18.4 Å². The lowest BCUT2D eigenvalue weighted by atomic mass is 10.1. The first-order valence-corrected chi connectivity index (χ1v) is 7.02. The zero-order chi connectivity index (χ0) is 12.9. The second kappa shape index (κ2) is 6.12. The molecule has 0 spiro atoms. The van der Waals surface area contributed by atoms with Gasteiger partial charge in [-0.3, -0.25) is 8.94 Å². The van der Waals surface area contributed by atoms with Gasteiger partial charge in [0.05, 0.1) is 11.6 Å². The second-order valence-corrected chi connectivity index (χ2v) is 5.48. The lowest BCUT2D eigenvalue weighted by molar-refractivity contribution is 0.455. The van der Waals surface area contributed by atoms with E-state index in [2.05, 4.69) is 0 Å². The van der Waals surface area contributed by atoms with Crippen molar-refractivity contribution < 1.29 is 17.4 Å². The van der Waals surface area contributed by atoms with E-state index in [1.54, 1.807) is 12.1 Å². The smallest absolute Gasteiger partial charge is 0.282 e. The molecule has 0 amide bonds. The van der Waals surface area contributed by atoms with Crippen LogP contribution in [0.4, 0.5) is 4.39 Å². The molecule has 96 valence electrons. The second-order valence-electron chi connectivity index (χ2n) is 4.09. The molecule has 0 saturated heterocycles. The van der Waals surface area contributed by atoms with Crippen LogP contribution in [0.3, 0.4) is 0 Å². The normalized spacial score (nSPS) is 11.7. The van der Waals surface area contributed by atoms with Gasteiger partial charge in [0.1, 0.15) is 0 Å². The Kier molecular flexibility index (Phi) is 5.08. The number of hydrogen-bond acceptors (Lipinski definition) is 2. The number of rotatable bonds is 6. The maximum atomic E-state index is 11.9. The van der Waals surface area contributed by atoms with E-state index >= 15 is 0 Å². The molecule has 0 fully saturated rings. The fourth-order valence-corrected chi connectivity index (χ4v) is 2.47.